The van der Waals surface area contributed by atoms with Crippen molar-refractivity contribution in [1.82, 2.24) is 5.32 Å². The van der Waals surface area contributed by atoms with Crippen LogP contribution in [0.5, 0.6) is 11.5 Å². The molecular formula is C14H20N2O3. The highest BCUT2D eigenvalue weighted by Gasteiger charge is 2.32. The monoisotopic (exact) mass is 264 g/mol. The summed E-state index contributed by atoms with van der Waals surface area (Å²) in [6.07, 6.45) is 5.09. The van der Waals surface area contributed by atoms with Gasteiger partial charge in [-0.25, -0.2) is 0 Å². The van der Waals surface area contributed by atoms with Gasteiger partial charge in [0, 0.05) is 12.1 Å². The minimum Gasteiger partial charge on any atom is -0.504 e. The maximum atomic E-state index is 12.2. The van der Waals surface area contributed by atoms with Gasteiger partial charge in [-0.3, -0.25) is 4.79 Å². The van der Waals surface area contributed by atoms with Gasteiger partial charge >= 0.3 is 0 Å². The number of amides is 1. The molecule has 0 heterocycles. The van der Waals surface area contributed by atoms with Gasteiger partial charge < -0.3 is 21.3 Å². The van der Waals surface area contributed by atoms with E-state index in [1.54, 1.807) is 0 Å². The first-order valence-electron chi connectivity index (χ1n) is 6.61. The first-order chi connectivity index (χ1) is 9.06. The Balaban J connectivity index is 2.12. The minimum absolute atomic E-state index is 0.234. The first kappa shape index (κ1) is 13.7. The second-order valence-electron chi connectivity index (χ2n) is 5.20. The van der Waals surface area contributed by atoms with Crippen LogP contribution < -0.4 is 11.1 Å². The first-order valence-corrected chi connectivity index (χ1v) is 6.61. The lowest BCUT2D eigenvalue weighted by atomic mass is 9.81. The molecule has 0 aliphatic heterocycles. The number of nitrogens with two attached hydrogens (primary N) is 1. The number of rotatable bonds is 3. The highest BCUT2D eigenvalue weighted by atomic mass is 16.3. The molecule has 19 heavy (non-hydrogen) atoms. The van der Waals surface area contributed by atoms with Crippen LogP contribution in [0.25, 0.3) is 0 Å². The van der Waals surface area contributed by atoms with Gasteiger partial charge in [-0.1, -0.05) is 19.3 Å². The third-order valence-corrected chi connectivity index (χ3v) is 3.82. The summed E-state index contributed by atoms with van der Waals surface area (Å²) < 4.78 is 0. The molecule has 0 saturated heterocycles. The Kier molecular flexibility index (Phi) is 3.95. The van der Waals surface area contributed by atoms with E-state index in [9.17, 15) is 15.0 Å². The normalized spacial score (nSPS) is 17.9. The van der Waals surface area contributed by atoms with Crippen molar-refractivity contribution in [2.45, 2.75) is 37.6 Å². The molecule has 1 aliphatic rings. The Morgan fingerprint density at radius 1 is 1.21 bits per heavy atom. The van der Waals surface area contributed by atoms with Crippen LogP contribution in [0.3, 0.4) is 0 Å². The molecule has 1 aromatic rings. The Hall–Kier alpha value is -1.75. The van der Waals surface area contributed by atoms with Crippen LogP contribution in [-0.4, -0.2) is 28.2 Å². The number of benzene rings is 1. The molecule has 0 unspecified atom stereocenters. The second kappa shape index (κ2) is 5.48. The number of phenols is 2. The van der Waals surface area contributed by atoms with Crippen molar-refractivity contribution in [3.05, 3.63) is 23.8 Å². The molecule has 2 rings (SSSR count). The molecule has 104 valence electrons. The summed E-state index contributed by atoms with van der Waals surface area (Å²) in [6.45, 7) is 0.419. The van der Waals surface area contributed by atoms with Crippen molar-refractivity contribution in [3.8, 4) is 11.5 Å². The van der Waals surface area contributed by atoms with Crippen molar-refractivity contribution in [2.75, 3.05) is 6.54 Å². The fourth-order valence-electron chi connectivity index (χ4n) is 2.59. The minimum atomic E-state index is -0.331. The van der Waals surface area contributed by atoms with Gasteiger partial charge in [0.2, 0.25) is 0 Å². The van der Waals surface area contributed by atoms with E-state index in [0.29, 0.717) is 12.1 Å². The molecule has 1 aliphatic carbocycles. The van der Waals surface area contributed by atoms with Crippen molar-refractivity contribution in [3.63, 3.8) is 0 Å². The van der Waals surface area contributed by atoms with E-state index in [4.69, 9.17) is 5.73 Å². The molecule has 0 atom stereocenters. The van der Waals surface area contributed by atoms with E-state index in [2.05, 4.69) is 5.32 Å². The SMILES string of the molecule is NCC1(NC(=O)c2ccc(O)c(O)c2)CCCCC1. The number of phenolic OH excluding ortho intramolecular Hbond substituents is 2. The number of nitrogens with one attached hydrogen (secondary N) is 1. The highest BCUT2D eigenvalue weighted by Crippen LogP contribution is 2.29. The topological polar surface area (TPSA) is 95.6 Å². The van der Waals surface area contributed by atoms with Gasteiger partial charge in [0.05, 0.1) is 5.54 Å². The van der Waals surface area contributed by atoms with Crippen molar-refractivity contribution in [2.24, 2.45) is 5.73 Å². The largest absolute Gasteiger partial charge is 0.504 e. The quantitative estimate of drug-likeness (QED) is 0.622. The van der Waals surface area contributed by atoms with E-state index in [0.717, 1.165) is 25.7 Å². The zero-order valence-electron chi connectivity index (χ0n) is 10.9. The molecule has 0 spiro atoms. The van der Waals surface area contributed by atoms with Gasteiger partial charge in [0.25, 0.3) is 5.91 Å². The van der Waals surface area contributed by atoms with Crippen LogP contribution >= 0.6 is 0 Å². The van der Waals surface area contributed by atoms with Crippen LogP contribution in [0.4, 0.5) is 0 Å². The Morgan fingerprint density at radius 3 is 2.47 bits per heavy atom. The summed E-state index contributed by atoms with van der Waals surface area (Å²) in [7, 11) is 0. The standard InChI is InChI=1S/C14H20N2O3/c15-9-14(6-2-1-3-7-14)16-13(19)10-4-5-11(17)12(18)8-10/h4-5,8,17-18H,1-3,6-7,9,15H2,(H,16,19). The molecule has 0 radical (unpaired) electrons. The second-order valence-corrected chi connectivity index (χ2v) is 5.20. The maximum absolute atomic E-state index is 12.2. The van der Waals surface area contributed by atoms with Crippen LogP contribution in [0.2, 0.25) is 0 Å². The molecule has 1 fully saturated rings. The molecule has 1 saturated carbocycles. The molecule has 0 aromatic heterocycles. The summed E-state index contributed by atoms with van der Waals surface area (Å²) in [5, 5.41) is 21.7. The Bertz CT molecular complexity index is 468. The average Bonchev–Trinajstić information content (AvgIpc) is 2.43. The lowest BCUT2D eigenvalue weighted by molar-refractivity contribution is 0.0874. The summed E-state index contributed by atoms with van der Waals surface area (Å²) in [5.41, 5.74) is 5.81. The highest BCUT2D eigenvalue weighted by molar-refractivity contribution is 5.95. The average molecular weight is 264 g/mol. The summed E-state index contributed by atoms with van der Waals surface area (Å²) >= 11 is 0. The van der Waals surface area contributed by atoms with Gasteiger partial charge in [-0.15, -0.1) is 0 Å². The van der Waals surface area contributed by atoms with Crippen LogP contribution in [0, 0.1) is 0 Å². The van der Waals surface area contributed by atoms with Crippen molar-refractivity contribution < 1.29 is 15.0 Å². The molecule has 0 bridgehead atoms. The van der Waals surface area contributed by atoms with Gasteiger partial charge in [-0.05, 0) is 31.0 Å². The number of hydrogen-bond donors (Lipinski definition) is 4. The third-order valence-electron chi connectivity index (χ3n) is 3.82. The van der Waals surface area contributed by atoms with Gasteiger partial charge in [0.1, 0.15) is 0 Å². The molecule has 1 amide bonds. The fourth-order valence-corrected chi connectivity index (χ4v) is 2.59. The van der Waals surface area contributed by atoms with Crippen LogP contribution in [0.1, 0.15) is 42.5 Å². The van der Waals surface area contributed by atoms with Crippen molar-refractivity contribution >= 4 is 5.91 Å². The summed E-state index contributed by atoms with van der Waals surface area (Å²) in [4.78, 5) is 12.2. The van der Waals surface area contributed by atoms with E-state index in [1.165, 1.54) is 24.6 Å². The lowest BCUT2D eigenvalue weighted by Crippen LogP contribution is -2.54. The number of aromatic hydroxyl groups is 2. The molecule has 1 aromatic carbocycles. The summed E-state index contributed by atoms with van der Waals surface area (Å²) in [5.74, 6) is -0.788. The number of hydrogen-bond acceptors (Lipinski definition) is 4. The molecule has 5 nitrogen and oxygen atoms in total. The van der Waals surface area contributed by atoms with E-state index < -0.39 is 0 Å². The van der Waals surface area contributed by atoms with E-state index in [1.807, 2.05) is 0 Å². The molecule has 5 heteroatoms. The summed E-state index contributed by atoms with van der Waals surface area (Å²) in [6, 6.07) is 4.05. The van der Waals surface area contributed by atoms with Crippen LogP contribution in [0.15, 0.2) is 18.2 Å². The molecule has 5 N–H and O–H groups in total. The smallest absolute Gasteiger partial charge is 0.251 e. The van der Waals surface area contributed by atoms with Crippen LogP contribution in [-0.2, 0) is 0 Å². The lowest BCUT2D eigenvalue weighted by Gasteiger charge is -2.37. The number of carbonyl (C=O) groups excluding carboxylic acids is 1. The maximum Gasteiger partial charge on any atom is 0.251 e. The zero-order valence-corrected chi connectivity index (χ0v) is 10.9. The Morgan fingerprint density at radius 2 is 1.89 bits per heavy atom. The molecular weight excluding hydrogens is 244 g/mol. The zero-order chi connectivity index (χ0) is 13.9. The van der Waals surface area contributed by atoms with Gasteiger partial charge in [-0.2, -0.15) is 0 Å². The van der Waals surface area contributed by atoms with Gasteiger partial charge in [0.15, 0.2) is 11.5 Å². The third kappa shape index (κ3) is 2.98. The fraction of sp³-hybridized carbons (Fsp3) is 0.500. The predicted molar refractivity (Wildman–Crippen MR) is 72.1 cm³/mol. The Labute approximate surface area is 112 Å². The van der Waals surface area contributed by atoms with E-state index in [-0.39, 0.29) is 22.9 Å². The van der Waals surface area contributed by atoms with Crippen molar-refractivity contribution in [1.29, 1.82) is 0 Å². The predicted octanol–water partition coefficient (Wildman–Crippen LogP) is 1.49. The number of carbonyl (C=O) groups is 1. The van der Waals surface area contributed by atoms with E-state index >= 15 is 0 Å².